The van der Waals surface area contributed by atoms with E-state index in [1.54, 1.807) is 11.0 Å². The molecule has 1 N–H and O–H groups in total. The Bertz CT molecular complexity index is 619. The summed E-state index contributed by atoms with van der Waals surface area (Å²) in [7, 11) is 0. The topological polar surface area (TPSA) is 81.7 Å². The highest BCUT2D eigenvalue weighted by Gasteiger charge is 2.03. The van der Waals surface area contributed by atoms with Gasteiger partial charge >= 0.3 is 0 Å². The predicted octanol–water partition coefficient (Wildman–Crippen LogP) is 0.940. The highest BCUT2D eigenvalue weighted by molar-refractivity contribution is 5.28. The van der Waals surface area contributed by atoms with E-state index < -0.39 is 0 Å². The predicted molar refractivity (Wildman–Crippen MR) is 66.2 cm³/mol. The van der Waals surface area contributed by atoms with Crippen LogP contribution in [0.1, 0.15) is 11.5 Å². The van der Waals surface area contributed by atoms with Crippen LogP contribution in [-0.4, -0.2) is 25.1 Å². The molecule has 2 heterocycles. The molecule has 0 aliphatic heterocycles. The van der Waals surface area contributed by atoms with E-state index >= 15 is 0 Å². The van der Waals surface area contributed by atoms with Gasteiger partial charge in [0.05, 0.1) is 24.1 Å². The molecule has 0 saturated carbocycles. The first-order chi connectivity index (χ1) is 9.42. The Labute approximate surface area is 109 Å². The third kappa shape index (κ3) is 2.83. The molecule has 0 radical (unpaired) electrons. The zero-order valence-corrected chi connectivity index (χ0v) is 10.1. The van der Waals surface area contributed by atoms with Crippen LogP contribution in [0.2, 0.25) is 0 Å². The second-order valence-corrected chi connectivity index (χ2v) is 3.91. The molecule has 0 atom stereocenters. The SMILES string of the molecule is c1ccc(-n2ncc(CNCc3ncon3)n2)cc1. The van der Waals surface area contributed by atoms with E-state index in [0.717, 1.165) is 11.4 Å². The molecular formula is C12H12N6O. The van der Waals surface area contributed by atoms with Gasteiger partial charge in [0, 0.05) is 6.54 Å². The first kappa shape index (κ1) is 11.5. The largest absolute Gasteiger partial charge is 0.343 e. The maximum absolute atomic E-state index is 4.65. The van der Waals surface area contributed by atoms with Crippen LogP contribution >= 0.6 is 0 Å². The molecule has 3 aromatic rings. The zero-order chi connectivity index (χ0) is 12.9. The summed E-state index contributed by atoms with van der Waals surface area (Å²) >= 11 is 0. The van der Waals surface area contributed by atoms with Crippen molar-refractivity contribution in [3.8, 4) is 5.69 Å². The number of hydrogen-bond donors (Lipinski definition) is 1. The van der Waals surface area contributed by atoms with Crippen molar-refractivity contribution in [3.63, 3.8) is 0 Å². The van der Waals surface area contributed by atoms with Crippen molar-refractivity contribution in [2.75, 3.05) is 0 Å². The van der Waals surface area contributed by atoms with Gasteiger partial charge in [0.15, 0.2) is 5.82 Å². The molecule has 2 aromatic heterocycles. The monoisotopic (exact) mass is 256 g/mol. The lowest BCUT2D eigenvalue weighted by molar-refractivity contribution is 0.407. The molecule has 19 heavy (non-hydrogen) atoms. The number of aromatic nitrogens is 5. The maximum atomic E-state index is 4.65. The van der Waals surface area contributed by atoms with E-state index in [9.17, 15) is 0 Å². The van der Waals surface area contributed by atoms with Gasteiger partial charge in [-0.15, -0.1) is 0 Å². The summed E-state index contributed by atoms with van der Waals surface area (Å²) in [6.07, 6.45) is 3.04. The quantitative estimate of drug-likeness (QED) is 0.731. The number of nitrogens with one attached hydrogen (secondary N) is 1. The number of hydrogen-bond acceptors (Lipinski definition) is 6. The third-order valence-electron chi connectivity index (χ3n) is 2.52. The first-order valence-electron chi connectivity index (χ1n) is 5.84. The van der Waals surface area contributed by atoms with Crippen molar-refractivity contribution in [1.29, 1.82) is 0 Å². The molecule has 0 aliphatic rings. The van der Waals surface area contributed by atoms with Gasteiger partial charge in [-0.3, -0.25) is 0 Å². The van der Waals surface area contributed by atoms with Gasteiger partial charge in [-0.1, -0.05) is 23.4 Å². The molecule has 96 valence electrons. The lowest BCUT2D eigenvalue weighted by atomic mass is 10.3. The number of rotatable bonds is 5. The third-order valence-corrected chi connectivity index (χ3v) is 2.52. The molecule has 3 rings (SSSR count). The van der Waals surface area contributed by atoms with Gasteiger partial charge in [0.2, 0.25) is 6.39 Å². The second kappa shape index (κ2) is 5.40. The zero-order valence-electron chi connectivity index (χ0n) is 10.1. The molecule has 0 unspecified atom stereocenters. The Kier molecular flexibility index (Phi) is 3.28. The van der Waals surface area contributed by atoms with E-state index in [2.05, 4.69) is 30.2 Å². The number of para-hydroxylation sites is 1. The van der Waals surface area contributed by atoms with Crippen LogP contribution < -0.4 is 5.32 Å². The summed E-state index contributed by atoms with van der Waals surface area (Å²) in [6.45, 7) is 1.13. The summed E-state index contributed by atoms with van der Waals surface area (Å²) in [5, 5.41) is 15.5. The van der Waals surface area contributed by atoms with Crippen LogP contribution in [0.15, 0.2) is 47.4 Å². The average molecular weight is 256 g/mol. The molecule has 0 aliphatic carbocycles. The molecule has 0 spiro atoms. The van der Waals surface area contributed by atoms with E-state index in [1.807, 2.05) is 30.3 Å². The second-order valence-electron chi connectivity index (χ2n) is 3.91. The fourth-order valence-electron chi connectivity index (χ4n) is 1.63. The molecule has 0 amide bonds. The van der Waals surface area contributed by atoms with E-state index in [-0.39, 0.29) is 0 Å². The van der Waals surface area contributed by atoms with Crippen LogP contribution in [0.3, 0.4) is 0 Å². The summed E-state index contributed by atoms with van der Waals surface area (Å²) in [5.74, 6) is 0.621. The van der Waals surface area contributed by atoms with Gasteiger partial charge in [-0.25, -0.2) is 0 Å². The van der Waals surface area contributed by atoms with Gasteiger partial charge < -0.3 is 9.84 Å². The Morgan fingerprint density at radius 2 is 2.05 bits per heavy atom. The van der Waals surface area contributed by atoms with E-state index in [1.165, 1.54) is 6.39 Å². The minimum atomic E-state index is 0.536. The lowest BCUT2D eigenvalue weighted by Crippen LogP contribution is -2.14. The van der Waals surface area contributed by atoms with Crippen LogP contribution in [0.4, 0.5) is 0 Å². The van der Waals surface area contributed by atoms with Crippen molar-refractivity contribution < 1.29 is 4.52 Å². The van der Waals surface area contributed by atoms with Gasteiger partial charge in [0.1, 0.15) is 0 Å². The Hall–Kier alpha value is -2.54. The minimum Gasteiger partial charge on any atom is -0.343 e. The van der Waals surface area contributed by atoms with Crippen molar-refractivity contribution >= 4 is 0 Å². The van der Waals surface area contributed by atoms with E-state index in [0.29, 0.717) is 18.9 Å². The normalized spacial score (nSPS) is 10.7. The minimum absolute atomic E-state index is 0.536. The standard InChI is InChI=1S/C12H12N6O/c1-2-4-11(5-3-1)18-15-7-10(16-18)6-13-8-12-14-9-19-17-12/h1-5,7,9,13H,6,8H2. The summed E-state index contributed by atoms with van der Waals surface area (Å²) in [4.78, 5) is 5.52. The first-order valence-corrected chi connectivity index (χ1v) is 5.84. The lowest BCUT2D eigenvalue weighted by Gasteiger charge is -1.98. The van der Waals surface area contributed by atoms with Crippen molar-refractivity contribution in [2.45, 2.75) is 13.1 Å². The van der Waals surface area contributed by atoms with Gasteiger partial charge in [0.25, 0.3) is 0 Å². The van der Waals surface area contributed by atoms with Crippen molar-refractivity contribution in [1.82, 2.24) is 30.5 Å². The average Bonchev–Trinajstić information content (AvgIpc) is 3.11. The highest BCUT2D eigenvalue weighted by Crippen LogP contribution is 2.04. The molecule has 7 nitrogen and oxygen atoms in total. The van der Waals surface area contributed by atoms with E-state index in [4.69, 9.17) is 0 Å². The van der Waals surface area contributed by atoms with Crippen LogP contribution in [0.25, 0.3) is 5.69 Å². The number of benzene rings is 1. The van der Waals surface area contributed by atoms with Crippen molar-refractivity contribution in [3.05, 3.63) is 54.4 Å². The smallest absolute Gasteiger partial charge is 0.213 e. The Balaban J connectivity index is 1.59. The molecule has 0 saturated heterocycles. The van der Waals surface area contributed by atoms with Crippen molar-refractivity contribution in [2.24, 2.45) is 0 Å². The molecule has 0 bridgehead atoms. The molecule has 1 aromatic carbocycles. The summed E-state index contributed by atoms with van der Waals surface area (Å²) in [6, 6.07) is 9.77. The fraction of sp³-hybridized carbons (Fsp3) is 0.167. The maximum Gasteiger partial charge on any atom is 0.213 e. The van der Waals surface area contributed by atoms with Gasteiger partial charge in [-0.2, -0.15) is 20.0 Å². The van der Waals surface area contributed by atoms with Crippen LogP contribution in [0, 0.1) is 0 Å². The fourth-order valence-corrected chi connectivity index (χ4v) is 1.63. The highest BCUT2D eigenvalue weighted by atomic mass is 16.5. The summed E-state index contributed by atoms with van der Waals surface area (Å²) in [5.41, 5.74) is 1.79. The van der Waals surface area contributed by atoms with Crippen LogP contribution in [-0.2, 0) is 13.1 Å². The number of nitrogens with zero attached hydrogens (tertiary/aromatic N) is 5. The molecule has 0 fully saturated rings. The van der Waals surface area contributed by atoms with Crippen LogP contribution in [0.5, 0.6) is 0 Å². The Morgan fingerprint density at radius 3 is 2.84 bits per heavy atom. The van der Waals surface area contributed by atoms with Gasteiger partial charge in [-0.05, 0) is 12.1 Å². The Morgan fingerprint density at radius 1 is 1.16 bits per heavy atom. The summed E-state index contributed by atoms with van der Waals surface area (Å²) < 4.78 is 4.65. The molecule has 7 heteroatoms. The molecular weight excluding hydrogens is 244 g/mol.